The maximum atomic E-state index is 12.5. The number of hydrogen-bond donors (Lipinski definition) is 1. The molecule has 0 aliphatic carbocycles. The lowest BCUT2D eigenvalue weighted by molar-refractivity contribution is -0.110. The number of aryl methyl sites for hydroxylation is 1. The Balaban J connectivity index is 1.62. The molecule has 2 heterocycles. The number of unbranched alkanes of at least 4 members (excludes halogenated alkanes) is 1. The van der Waals surface area contributed by atoms with Crippen LogP contribution in [0.25, 0.3) is 17.3 Å². The highest BCUT2D eigenvalue weighted by Gasteiger charge is 2.24. The van der Waals surface area contributed by atoms with E-state index in [2.05, 4.69) is 22.9 Å². The maximum absolute atomic E-state index is 12.5. The number of fused-ring (bicyclic) bond motifs is 1. The minimum absolute atomic E-state index is 0.0862. The van der Waals surface area contributed by atoms with Gasteiger partial charge in [0.15, 0.2) is 0 Å². The highest BCUT2D eigenvalue weighted by molar-refractivity contribution is 6.34. The summed E-state index contributed by atoms with van der Waals surface area (Å²) in [7, 11) is 0. The molecule has 1 amide bonds. The van der Waals surface area contributed by atoms with Gasteiger partial charge in [-0.15, -0.1) is 0 Å². The second kappa shape index (κ2) is 8.64. The molecule has 5 heteroatoms. The van der Waals surface area contributed by atoms with Crippen LogP contribution in [0.1, 0.15) is 52.6 Å². The largest absolute Gasteiger partial charge is 0.462 e. The van der Waals surface area contributed by atoms with Crippen LogP contribution in [-0.2, 0) is 9.53 Å². The number of benzene rings is 2. The number of carbonyl (C=O) groups excluding carboxylic acids is 2. The standard InChI is InChI=1S/C26H26N2O3/c1-4-5-14-31-26(30)19-10-12-21(13-11-19)28-17(2)15-20(18(28)3)16-23-22-8-6-7-9-24(22)27-25(23)29/h6-13,15-16H,4-5,14H2,1-3H3,(H,27,29)/b23-16+. The zero-order chi connectivity index (χ0) is 22.0. The minimum Gasteiger partial charge on any atom is -0.462 e. The molecule has 158 valence electrons. The highest BCUT2D eigenvalue weighted by Crippen LogP contribution is 2.34. The molecule has 1 aliphatic rings. The Morgan fingerprint density at radius 1 is 1.10 bits per heavy atom. The van der Waals surface area contributed by atoms with Gasteiger partial charge in [-0.05, 0) is 68.3 Å². The maximum Gasteiger partial charge on any atom is 0.338 e. The topological polar surface area (TPSA) is 60.3 Å². The summed E-state index contributed by atoms with van der Waals surface area (Å²) in [6, 6.07) is 17.2. The summed E-state index contributed by atoms with van der Waals surface area (Å²) >= 11 is 0. The Kier molecular flexibility index (Phi) is 5.76. The molecule has 1 aliphatic heterocycles. The molecule has 31 heavy (non-hydrogen) atoms. The van der Waals surface area contributed by atoms with Crippen molar-refractivity contribution in [3.8, 4) is 5.69 Å². The van der Waals surface area contributed by atoms with Crippen molar-refractivity contribution in [1.29, 1.82) is 0 Å². The average molecular weight is 415 g/mol. The van der Waals surface area contributed by atoms with Crippen molar-refractivity contribution in [2.75, 3.05) is 11.9 Å². The summed E-state index contributed by atoms with van der Waals surface area (Å²) in [5.74, 6) is -0.380. The third-order valence-electron chi connectivity index (χ3n) is 5.57. The van der Waals surface area contributed by atoms with Crippen LogP contribution in [0.4, 0.5) is 5.69 Å². The molecule has 5 nitrogen and oxygen atoms in total. The Hall–Kier alpha value is -3.60. The molecule has 1 aromatic heterocycles. The summed E-state index contributed by atoms with van der Waals surface area (Å²) in [4.78, 5) is 24.6. The van der Waals surface area contributed by atoms with Gasteiger partial charge in [0.25, 0.3) is 5.91 Å². The molecule has 2 aromatic carbocycles. The Morgan fingerprint density at radius 2 is 1.84 bits per heavy atom. The first-order chi connectivity index (χ1) is 15.0. The van der Waals surface area contributed by atoms with Gasteiger partial charge in [-0.1, -0.05) is 31.5 Å². The van der Waals surface area contributed by atoms with E-state index in [9.17, 15) is 9.59 Å². The lowest BCUT2D eigenvalue weighted by Gasteiger charge is -2.11. The highest BCUT2D eigenvalue weighted by atomic mass is 16.5. The number of para-hydroxylation sites is 1. The fourth-order valence-corrected chi connectivity index (χ4v) is 3.91. The van der Waals surface area contributed by atoms with Gasteiger partial charge in [0, 0.05) is 33.9 Å². The summed E-state index contributed by atoms with van der Waals surface area (Å²) in [6.45, 7) is 6.57. The lowest BCUT2D eigenvalue weighted by atomic mass is 10.0. The van der Waals surface area contributed by atoms with E-state index >= 15 is 0 Å². The van der Waals surface area contributed by atoms with E-state index in [0.29, 0.717) is 17.7 Å². The van der Waals surface area contributed by atoms with E-state index < -0.39 is 0 Å². The van der Waals surface area contributed by atoms with Crippen LogP contribution in [0, 0.1) is 13.8 Å². The predicted octanol–water partition coefficient (Wildman–Crippen LogP) is 5.54. The van der Waals surface area contributed by atoms with Gasteiger partial charge < -0.3 is 14.6 Å². The van der Waals surface area contributed by atoms with Gasteiger partial charge in [-0.3, -0.25) is 4.79 Å². The van der Waals surface area contributed by atoms with Crippen LogP contribution in [0.2, 0.25) is 0 Å². The summed E-state index contributed by atoms with van der Waals surface area (Å²) < 4.78 is 7.41. The Bertz CT molecular complexity index is 1170. The van der Waals surface area contributed by atoms with Gasteiger partial charge in [-0.2, -0.15) is 0 Å². The number of ether oxygens (including phenoxy) is 1. The van der Waals surface area contributed by atoms with E-state index in [1.165, 1.54) is 0 Å². The monoisotopic (exact) mass is 414 g/mol. The second-order valence-corrected chi connectivity index (χ2v) is 7.76. The van der Waals surface area contributed by atoms with Crippen molar-refractivity contribution in [1.82, 2.24) is 4.57 Å². The first-order valence-corrected chi connectivity index (χ1v) is 10.6. The average Bonchev–Trinajstić information content (AvgIpc) is 3.23. The van der Waals surface area contributed by atoms with Gasteiger partial charge in [-0.25, -0.2) is 4.79 Å². The molecule has 0 spiro atoms. The van der Waals surface area contributed by atoms with Gasteiger partial charge in [0.1, 0.15) is 0 Å². The van der Waals surface area contributed by atoms with E-state index in [0.717, 1.165) is 46.7 Å². The third kappa shape index (κ3) is 4.04. The number of nitrogens with one attached hydrogen (secondary N) is 1. The van der Waals surface area contributed by atoms with Crippen molar-refractivity contribution in [3.05, 3.63) is 82.7 Å². The number of rotatable bonds is 6. The van der Waals surface area contributed by atoms with Crippen LogP contribution >= 0.6 is 0 Å². The van der Waals surface area contributed by atoms with E-state index in [1.54, 1.807) is 12.1 Å². The number of aromatic nitrogens is 1. The minimum atomic E-state index is -0.294. The molecular weight excluding hydrogens is 388 g/mol. The first-order valence-electron chi connectivity index (χ1n) is 10.6. The number of nitrogens with zero attached hydrogens (tertiary/aromatic N) is 1. The molecule has 0 radical (unpaired) electrons. The smallest absolute Gasteiger partial charge is 0.338 e. The number of hydrogen-bond acceptors (Lipinski definition) is 3. The number of amides is 1. The number of anilines is 1. The summed E-state index contributed by atoms with van der Waals surface area (Å²) in [5, 5.41) is 2.92. The fourth-order valence-electron chi connectivity index (χ4n) is 3.91. The van der Waals surface area contributed by atoms with Crippen molar-refractivity contribution >= 4 is 29.2 Å². The molecule has 0 saturated carbocycles. The number of esters is 1. The summed E-state index contributed by atoms with van der Waals surface area (Å²) in [6.07, 6.45) is 3.80. The normalized spacial score (nSPS) is 13.9. The molecule has 0 bridgehead atoms. The van der Waals surface area contributed by atoms with Gasteiger partial charge in [0.2, 0.25) is 0 Å². The number of carbonyl (C=O) groups is 2. The molecule has 0 saturated heterocycles. The Morgan fingerprint density at radius 3 is 2.58 bits per heavy atom. The van der Waals surface area contributed by atoms with E-state index in [-0.39, 0.29) is 11.9 Å². The van der Waals surface area contributed by atoms with Crippen molar-refractivity contribution in [2.45, 2.75) is 33.6 Å². The predicted molar refractivity (Wildman–Crippen MR) is 123 cm³/mol. The summed E-state index contributed by atoms with van der Waals surface area (Å²) in [5.41, 5.74) is 7.00. The first kappa shape index (κ1) is 20.7. The van der Waals surface area contributed by atoms with Crippen molar-refractivity contribution < 1.29 is 14.3 Å². The molecule has 1 N–H and O–H groups in total. The van der Waals surface area contributed by atoms with Crippen LogP contribution in [0.5, 0.6) is 0 Å². The molecule has 0 fully saturated rings. The zero-order valence-electron chi connectivity index (χ0n) is 18.1. The molecule has 0 unspecified atom stereocenters. The zero-order valence-corrected chi connectivity index (χ0v) is 18.1. The van der Waals surface area contributed by atoms with Crippen LogP contribution in [-0.4, -0.2) is 23.1 Å². The molecule has 3 aromatic rings. The van der Waals surface area contributed by atoms with E-state index in [1.807, 2.05) is 56.3 Å². The van der Waals surface area contributed by atoms with E-state index in [4.69, 9.17) is 4.74 Å². The van der Waals surface area contributed by atoms with Crippen molar-refractivity contribution in [2.24, 2.45) is 0 Å². The van der Waals surface area contributed by atoms with Crippen molar-refractivity contribution in [3.63, 3.8) is 0 Å². The van der Waals surface area contributed by atoms with Gasteiger partial charge in [0.05, 0.1) is 12.2 Å². The lowest BCUT2D eigenvalue weighted by Crippen LogP contribution is -2.07. The molecule has 4 rings (SSSR count). The fraction of sp³-hybridized carbons (Fsp3) is 0.231. The third-order valence-corrected chi connectivity index (χ3v) is 5.57. The van der Waals surface area contributed by atoms with Gasteiger partial charge >= 0.3 is 5.97 Å². The van der Waals surface area contributed by atoms with Crippen LogP contribution in [0.15, 0.2) is 54.6 Å². The quantitative estimate of drug-likeness (QED) is 0.327. The second-order valence-electron chi connectivity index (χ2n) is 7.76. The molecular formula is C26H26N2O3. The van der Waals surface area contributed by atoms with Crippen LogP contribution < -0.4 is 5.32 Å². The SMILES string of the molecule is CCCCOC(=O)c1ccc(-n2c(C)cc(/C=C3/C(=O)Nc4ccccc43)c2C)cc1. The Labute approximate surface area is 182 Å². The van der Waals surface area contributed by atoms with Crippen LogP contribution in [0.3, 0.4) is 0 Å². The molecule has 0 atom stereocenters.